The van der Waals surface area contributed by atoms with Gasteiger partial charge in [-0.2, -0.15) is 0 Å². The summed E-state index contributed by atoms with van der Waals surface area (Å²) in [5, 5.41) is 49.8. The third-order valence-electron chi connectivity index (χ3n) is 10.3. The van der Waals surface area contributed by atoms with Gasteiger partial charge in [-0.1, -0.05) is 71.2 Å². The zero-order valence-electron chi connectivity index (χ0n) is 30.7. The van der Waals surface area contributed by atoms with Crippen LogP contribution in [0.1, 0.15) is 67.3 Å². The molecule has 14 heteroatoms. The highest BCUT2D eigenvalue weighted by molar-refractivity contribution is 8.76. The molecule has 4 heterocycles. The summed E-state index contributed by atoms with van der Waals surface area (Å²) in [7, 11) is 3.49. The van der Waals surface area contributed by atoms with Gasteiger partial charge in [0, 0.05) is 66.7 Å². The molecule has 6 bridgehead atoms. The number of Topliss-reactive ketones (excluding diaryl/α,β-unsaturated/α-hetero) is 1. The number of guanidine groups is 1. The highest BCUT2D eigenvalue weighted by atomic mass is 33.1. The largest absolute Gasteiger partial charge is 0.504 e. The van der Waals surface area contributed by atoms with E-state index in [0.717, 1.165) is 22.4 Å². The van der Waals surface area contributed by atoms with Gasteiger partial charge in [-0.25, -0.2) is 4.99 Å². The van der Waals surface area contributed by atoms with Crippen LogP contribution in [0.2, 0.25) is 0 Å². The van der Waals surface area contributed by atoms with Crippen LogP contribution in [0, 0.1) is 41.4 Å². The minimum atomic E-state index is -1.19. The zero-order valence-corrected chi connectivity index (χ0v) is 32.4. The number of nitrogens with zero attached hydrogens (tertiary/aromatic N) is 1. The first-order valence-electron chi connectivity index (χ1n) is 18.6. The number of aliphatic imine (C=N–C) groups is 1. The van der Waals surface area contributed by atoms with Crippen LogP contribution in [-0.2, 0) is 30.5 Å². The molecule has 12 nitrogen and oxygen atoms in total. The van der Waals surface area contributed by atoms with Crippen LogP contribution < -0.4 is 30.6 Å². The fourth-order valence-electron chi connectivity index (χ4n) is 7.26. The SMILES string of the molecule is CC(C)[C@H]1CSSC[C@@H]2[C@@H]3Cc4c5cc(c(c4O[C@H]3O)OCNCCC#C[C@H]2NC(N)=N1)CC#Cc1c(ccc(O)c1OCO)CCC(=O)C[C@H](O)CC5. The minimum Gasteiger partial charge on any atom is -0.504 e. The van der Waals surface area contributed by atoms with Crippen molar-refractivity contribution in [3.05, 3.63) is 46.0 Å². The average molecular weight is 779 g/mol. The highest BCUT2D eigenvalue weighted by Gasteiger charge is 2.41. The van der Waals surface area contributed by atoms with E-state index < -0.39 is 25.2 Å². The number of rotatable bonds is 3. The lowest BCUT2D eigenvalue weighted by atomic mass is 9.78. The number of aliphatic hydroxyl groups is 3. The van der Waals surface area contributed by atoms with E-state index in [1.807, 2.05) is 6.07 Å². The summed E-state index contributed by atoms with van der Waals surface area (Å²) in [4.78, 5) is 17.9. The number of aryl methyl sites for hydroxylation is 2. The van der Waals surface area contributed by atoms with E-state index in [1.54, 1.807) is 27.7 Å². The van der Waals surface area contributed by atoms with Crippen molar-refractivity contribution in [2.45, 2.75) is 89.7 Å². The summed E-state index contributed by atoms with van der Waals surface area (Å²) in [6.45, 7) is 4.32. The van der Waals surface area contributed by atoms with Crippen molar-refractivity contribution in [1.82, 2.24) is 10.6 Å². The summed E-state index contributed by atoms with van der Waals surface area (Å²) < 4.78 is 18.3. The molecule has 2 aromatic carbocycles. The Hall–Kier alpha value is -3.76. The Kier molecular flexibility index (Phi) is 13.8. The summed E-state index contributed by atoms with van der Waals surface area (Å²) in [6.07, 6.45) is 0.427. The van der Waals surface area contributed by atoms with Crippen LogP contribution in [0.25, 0.3) is 0 Å². The van der Waals surface area contributed by atoms with Crippen molar-refractivity contribution in [2.75, 3.05) is 31.6 Å². The average Bonchev–Trinajstić information content (AvgIpc) is 3.13. The smallest absolute Gasteiger partial charge is 0.201 e. The number of carbonyl (C=O) groups is 1. The number of phenolic OH excluding ortho intramolecular Hbond substituents is 1. The molecule has 5 aliphatic rings. The highest BCUT2D eigenvalue weighted by Crippen LogP contribution is 2.46. The van der Waals surface area contributed by atoms with Gasteiger partial charge in [-0.05, 0) is 48.8 Å². The molecular weight excluding hydrogens is 729 g/mol. The number of aromatic hydroxyl groups is 1. The molecule has 0 amide bonds. The number of phenols is 1. The monoisotopic (exact) mass is 778 g/mol. The standard InChI is InChI=1S/C40H50N4O8S2/c1-23(2)34-20-54-53-19-32-31-18-30-25-10-13-28(47)17-27(46)12-9-24-11-14-35(48)37(51-22-45)29(24)7-5-6-26(16-25)36(38(30)52-39(31)49)50-21-42-15-4-3-8-33(32)43-40(41)44-34/h11,14,16,23,28,31-34,39,42,45,47-49H,4,6,9-10,12-13,15,17-22H2,1-2H3,(H3,41,43,44)/t28-,31+,32-,33-,34-,39-/m1/s1. The lowest BCUT2D eigenvalue weighted by Crippen LogP contribution is -2.51. The molecule has 290 valence electrons. The maximum Gasteiger partial charge on any atom is 0.201 e. The molecule has 0 radical (unpaired) electrons. The number of ether oxygens (including phenoxy) is 3. The van der Waals surface area contributed by atoms with E-state index >= 15 is 0 Å². The lowest BCUT2D eigenvalue weighted by molar-refractivity contribution is -0.121. The summed E-state index contributed by atoms with van der Waals surface area (Å²) in [5.41, 5.74) is 10.1. The maximum atomic E-state index is 13.1. The van der Waals surface area contributed by atoms with Gasteiger partial charge in [0.25, 0.3) is 0 Å². The van der Waals surface area contributed by atoms with Crippen molar-refractivity contribution in [3.8, 4) is 46.7 Å². The van der Waals surface area contributed by atoms with Crippen molar-refractivity contribution >= 4 is 33.3 Å². The topological polar surface area (TPSA) is 188 Å². The molecule has 0 aromatic heterocycles. The van der Waals surface area contributed by atoms with Crippen molar-refractivity contribution < 1.29 is 39.4 Å². The molecule has 0 saturated heterocycles. The van der Waals surface area contributed by atoms with Crippen LogP contribution in [0.5, 0.6) is 23.0 Å². The molecule has 0 saturated carbocycles. The van der Waals surface area contributed by atoms with Gasteiger partial charge in [-0.3, -0.25) is 10.1 Å². The lowest BCUT2D eigenvalue weighted by Gasteiger charge is -2.39. The van der Waals surface area contributed by atoms with Crippen LogP contribution in [-0.4, -0.2) is 88.2 Å². The Bertz CT molecular complexity index is 1830. The number of benzene rings is 2. The molecule has 2 aromatic rings. The van der Waals surface area contributed by atoms with Crippen LogP contribution >= 0.6 is 21.6 Å². The second-order valence-electron chi connectivity index (χ2n) is 14.4. The van der Waals surface area contributed by atoms with Crippen LogP contribution in [0.15, 0.2) is 23.2 Å². The third-order valence-corrected chi connectivity index (χ3v) is 12.8. The Labute approximate surface area is 324 Å². The number of hydrogen-bond acceptors (Lipinski definition) is 14. The molecular formula is C40H50N4O8S2. The van der Waals surface area contributed by atoms with E-state index in [-0.39, 0.29) is 61.2 Å². The zero-order chi connectivity index (χ0) is 38.2. The molecule has 54 heavy (non-hydrogen) atoms. The number of nitrogens with one attached hydrogen (secondary N) is 2. The van der Waals surface area contributed by atoms with Crippen LogP contribution in [0.4, 0.5) is 0 Å². The minimum absolute atomic E-state index is 0.0114. The molecule has 0 spiro atoms. The van der Waals surface area contributed by atoms with Gasteiger partial charge < -0.3 is 45.7 Å². The quantitative estimate of drug-likeness (QED) is 0.137. The van der Waals surface area contributed by atoms with Gasteiger partial charge in [-0.15, -0.1) is 0 Å². The fraction of sp³-hybridized carbons (Fsp3) is 0.550. The molecule has 6 atom stereocenters. The Balaban J connectivity index is 1.44. The van der Waals surface area contributed by atoms with Gasteiger partial charge >= 0.3 is 0 Å². The molecule has 8 N–H and O–H groups in total. The summed E-state index contributed by atoms with van der Waals surface area (Å²) in [5.74, 6) is 15.3. The van der Waals surface area contributed by atoms with E-state index in [4.69, 9.17) is 24.9 Å². The van der Waals surface area contributed by atoms with E-state index in [9.17, 15) is 25.2 Å². The summed E-state index contributed by atoms with van der Waals surface area (Å²) >= 11 is 0. The Morgan fingerprint density at radius 2 is 1.89 bits per heavy atom. The fourth-order valence-corrected chi connectivity index (χ4v) is 10.1. The molecule has 4 aliphatic heterocycles. The van der Waals surface area contributed by atoms with Crippen LogP contribution in [0.3, 0.4) is 0 Å². The maximum absolute atomic E-state index is 13.1. The predicted octanol–water partition coefficient (Wildman–Crippen LogP) is 3.03. The van der Waals surface area contributed by atoms with Gasteiger partial charge in [0.05, 0.1) is 23.8 Å². The van der Waals surface area contributed by atoms with Crippen molar-refractivity contribution in [1.29, 1.82) is 0 Å². The first-order valence-corrected chi connectivity index (χ1v) is 21.1. The Morgan fingerprint density at radius 1 is 1.06 bits per heavy atom. The second kappa shape index (κ2) is 18.7. The van der Waals surface area contributed by atoms with Gasteiger partial charge in [0.2, 0.25) is 6.29 Å². The first kappa shape index (κ1) is 39.9. The number of fused-ring (bicyclic) bond motifs is 9. The number of nitrogens with two attached hydrogens (primary N) is 1. The third kappa shape index (κ3) is 9.72. The molecule has 0 unspecified atom stereocenters. The first-order chi connectivity index (χ1) is 26.1. The number of carbonyl (C=O) groups excluding carboxylic acids is 1. The van der Waals surface area contributed by atoms with E-state index in [1.165, 1.54) is 6.07 Å². The van der Waals surface area contributed by atoms with Gasteiger partial charge in [0.1, 0.15) is 12.5 Å². The van der Waals surface area contributed by atoms with E-state index in [0.29, 0.717) is 78.9 Å². The second-order valence-corrected chi connectivity index (χ2v) is 16.9. The normalized spacial score (nSPS) is 26.5. The molecule has 7 rings (SSSR count). The molecule has 0 fully saturated rings. The number of ketones is 1. The number of aliphatic hydroxyl groups excluding tert-OH is 3. The van der Waals surface area contributed by atoms with E-state index in [2.05, 4.69) is 48.2 Å². The predicted molar refractivity (Wildman–Crippen MR) is 210 cm³/mol. The van der Waals surface area contributed by atoms with Crippen molar-refractivity contribution in [3.63, 3.8) is 0 Å². The summed E-state index contributed by atoms with van der Waals surface area (Å²) in [6, 6.07) is 4.82. The van der Waals surface area contributed by atoms with Gasteiger partial charge in [0.15, 0.2) is 35.8 Å². The molecule has 1 aliphatic carbocycles. The van der Waals surface area contributed by atoms with Crippen molar-refractivity contribution in [2.24, 2.45) is 28.5 Å². The number of hydrogen-bond donors (Lipinski definition) is 7. The Morgan fingerprint density at radius 3 is 2.70 bits per heavy atom.